The standard InChI is InChI=1S/2C10H8S.C3H4N2/c2*11-10-6-5-8-3-1-2-4-9(8)7-10;1-2-5-3-4-1/h2*1-7,11H;1-3H,(H,4,5). The lowest BCUT2D eigenvalue weighted by Gasteiger charge is -1.96. The predicted molar refractivity (Wildman–Crippen MR) is 121 cm³/mol. The molecule has 0 amide bonds. The third kappa shape index (κ3) is 5.91. The number of imidazole rings is 1. The number of hydrogen-bond acceptors (Lipinski definition) is 3. The average Bonchev–Trinajstić information content (AvgIpc) is 3.28. The molecular formula is C23H20N2S2. The summed E-state index contributed by atoms with van der Waals surface area (Å²) in [6, 6.07) is 28.9. The Morgan fingerprint density at radius 3 is 1.44 bits per heavy atom. The SMILES string of the molecule is Sc1ccc2ccccc2c1.Sc1ccc2ccccc2c1.c1c[nH]cn1. The lowest BCUT2D eigenvalue weighted by molar-refractivity contribution is 1.31. The molecule has 5 aromatic rings. The number of H-pyrrole nitrogens is 1. The largest absolute Gasteiger partial charge is 0.351 e. The third-order valence-corrected chi connectivity index (χ3v) is 4.43. The van der Waals surface area contributed by atoms with E-state index in [9.17, 15) is 0 Å². The normalized spacial score (nSPS) is 9.85. The summed E-state index contributed by atoms with van der Waals surface area (Å²) in [5.41, 5.74) is 0. The minimum atomic E-state index is 1.02. The van der Waals surface area contributed by atoms with Crippen molar-refractivity contribution in [3.63, 3.8) is 0 Å². The van der Waals surface area contributed by atoms with Crippen molar-refractivity contribution in [3.8, 4) is 0 Å². The Morgan fingerprint density at radius 2 is 1.07 bits per heavy atom. The summed E-state index contributed by atoms with van der Waals surface area (Å²) in [4.78, 5) is 8.45. The molecule has 0 aliphatic rings. The molecule has 0 unspecified atom stereocenters. The third-order valence-electron chi connectivity index (χ3n) is 3.87. The van der Waals surface area contributed by atoms with Gasteiger partial charge in [-0.15, -0.1) is 25.3 Å². The van der Waals surface area contributed by atoms with Gasteiger partial charge in [0.1, 0.15) is 0 Å². The van der Waals surface area contributed by atoms with Gasteiger partial charge in [-0.2, -0.15) is 0 Å². The minimum absolute atomic E-state index is 1.02. The van der Waals surface area contributed by atoms with Crippen molar-refractivity contribution in [1.82, 2.24) is 9.97 Å². The van der Waals surface area contributed by atoms with Gasteiger partial charge < -0.3 is 4.98 Å². The average molecular weight is 389 g/mol. The van der Waals surface area contributed by atoms with Crippen LogP contribution in [-0.4, -0.2) is 9.97 Å². The summed E-state index contributed by atoms with van der Waals surface area (Å²) in [6.45, 7) is 0. The van der Waals surface area contributed by atoms with E-state index in [0.29, 0.717) is 0 Å². The van der Waals surface area contributed by atoms with Crippen LogP contribution in [0.25, 0.3) is 21.5 Å². The zero-order chi connectivity index (χ0) is 18.9. The summed E-state index contributed by atoms with van der Waals surface area (Å²) in [5.74, 6) is 0. The Kier molecular flexibility index (Phi) is 6.97. The zero-order valence-electron chi connectivity index (χ0n) is 14.7. The molecule has 0 bridgehead atoms. The molecule has 0 atom stereocenters. The van der Waals surface area contributed by atoms with Crippen LogP contribution in [0.4, 0.5) is 0 Å². The first kappa shape index (κ1) is 19.1. The molecule has 2 nitrogen and oxygen atoms in total. The first-order valence-electron chi connectivity index (χ1n) is 8.51. The molecule has 0 aliphatic heterocycles. The second-order valence-corrected chi connectivity index (χ2v) is 6.86. The van der Waals surface area contributed by atoms with Crippen molar-refractivity contribution >= 4 is 46.8 Å². The van der Waals surface area contributed by atoms with Gasteiger partial charge in [-0.1, -0.05) is 60.7 Å². The molecule has 5 rings (SSSR count). The predicted octanol–water partition coefficient (Wildman–Crippen LogP) is 6.67. The monoisotopic (exact) mass is 388 g/mol. The van der Waals surface area contributed by atoms with E-state index in [2.05, 4.69) is 83.8 Å². The molecule has 0 saturated carbocycles. The highest BCUT2D eigenvalue weighted by molar-refractivity contribution is 7.80. The quantitative estimate of drug-likeness (QED) is 0.254. The van der Waals surface area contributed by atoms with Crippen LogP contribution in [0.3, 0.4) is 0 Å². The lowest BCUT2D eigenvalue weighted by Crippen LogP contribution is -1.70. The molecule has 4 heteroatoms. The van der Waals surface area contributed by atoms with E-state index in [4.69, 9.17) is 0 Å². The number of aromatic nitrogens is 2. The second-order valence-electron chi connectivity index (χ2n) is 5.82. The summed E-state index contributed by atoms with van der Waals surface area (Å²) >= 11 is 8.52. The molecule has 134 valence electrons. The Bertz CT molecular complexity index is 1010. The van der Waals surface area contributed by atoms with Crippen LogP contribution in [0.2, 0.25) is 0 Å². The molecule has 0 radical (unpaired) electrons. The van der Waals surface area contributed by atoms with E-state index in [1.165, 1.54) is 21.5 Å². The topological polar surface area (TPSA) is 28.7 Å². The van der Waals surface area contributed by atoms with E-state index in [1.54, 1.807) is 18.7 Å². The number of fused-ring (bicyclic) bond motifs is 2. The maximum absolute atomic E-state index is 4.26. The summed E-state index contributed by atoms with van der Waals surface area (Å²) in [5, 5.41) is 5.04. The van der Waals surface area contributed by atoms with Crippen LogP contribution >= 0.6 is 25.3 Å². The van der Waals surface area contributed by atoms with Crippen LogP contribution < -0.4 is 0 Å². The van der Waals surface area contributed by atoms with Crippen molar-refractivity contribution in [2.75, 3.05) is 0 Å². The van der Waals surface area contributed by atoms with E-state index in [0.717, 1.165) is 9.79 Å². The van der Waals surface area contributed by atoms with Crippen molar-refractivity contribution < 1.29 is 0 Å². The molecule has 0 aliphatic carbocycles. The number of aromatic amines is 1. The van der Waals surface area contributed by atoms with Gasteiger partial charge in [-0.25, -0.2) is 4.98 Å². The van der Waals surface area contributed by atoms with Gasteiger partial charge in [0.2, 0.25) is 0 Å². The maximum Gasteiger partial charge on any atom is 0.0919 e. The maximum atomic E-state index is 4.26. The van der Waals surface area contributed by atoms with Gasteiger partial charge in [0.15, 0.2) is 0 Å². The lowest BCUT2D eigenvalue weighted by atomic mass is 10.1. The Labute approximate surface area is 170 Å². The van der Waals surface area contributed by atoms with Crippen LogP contribution in [-0.2, 0) is 0 Å². The van der Waals surface area contributed by atoms with E-state index in [-0.39, 0.29) is 0 Å². The van der Waals surface area contributed by atoms with Crippen LogP contribution in [0.15, 0.2) is 113 Å². The van der Waals surface area contributed by atoms with Gasteiger partial charge in [-0.05, 0) is 45.8 Å². The van der Waals surface area contributed by atoms with Crippen molar-refractivity contribution in [2.45, 2.75) is 9.79 Å². The van der Waals surface area contributed by atoms with Gasteiger partial charge in [0, 0.05) is 22.2 Å². The Morgan fingerprint density at radius 1 is 0.593 bits per heavy atom. The summed E-state index contributed by atoms with van der Waals surface area (Å²) in [6.07, 6.45) is 5.08. The number of nitrogens with zero attached hydrogens (tertiary/aromatic N) is 1. The van der Waals surface area contributed by atoms with Gasteiger partial charge >= 0.3 is 0 Å². The number of benzene rings is 4. The smallest absolute Gasteiger partial charge is 0.0919 e. The summed E-state index contributed by atoms with van der Waals surface area (Å²) < 4.78 is 0. The van der Waals surface area contributed by atoms with Crippen LogP contribution in [0.5, 0.6) is 0 Å². The number of thiol groups is 2. The zero-order valence-corrected chi connectivity index (χ0v) is 16.4. The molecule has 0 spiro atoms. The molecule has 0 fully saturated rings. The molecular weight excluding hydrogens is 368 g/mol. The first-order chi connectivity index (χ1) is 13.2. The van der Waals surface area contributed by atoms with Crippen molar-refractivity contribution in [1.29, 1.82) is 0 Å². The van der Waals surface area contributed by atoms with Crippen molar-refractivity contribution in [2.24, 2.45) is 0 Å². The molecule has 1 heterocycles. The van der Waals surface area contributed by atoms with E-state index >= 15 is 0 Å². The number of hydrogen-bond donors (Lipinski definition) is 3. The van der Waals surface area contributed by atoms with Crippen molar-refractivity contribution in [3.05, 3.63) is 104 Å². The fraction of sp³-hybridized carbons (Fsp3) is 0. The summed E-state index contributed by atoms with van der Waals surface area (Å²) in [7, 11) is 0. The van der Waals surface area contributed by atoms with Gasteiger partial charge in [0.25, 0.3) is 0 Å². The van der Waals surface area contributed by atoms with E-state index < -0.39 is 0 Å². The van der Waals surface area contributed by atoms with Crippen LogP contribution in [0.1, 0.15) is 0 Å². The number of nitrogens with one attached hydrogen (secondary N) is 1. The molecule has 1 aromatic heterocycles. The molecule has 0 saturated heterocycles. The fourth-order valence-electron chi connectivity index (χ4n) is 2.57. The fourth-order valence-corrected chi connectivity index (χ4v) is 3.00. The minimum Gasteiger partial charge on any atom is -0.351 e. The highest BCUT2D eigenvalue weighted by Gasteiger charge is 1.91. The Hall–Kier alpha value is -2.69. The highest BCUT2D eigenvalue weighted by atomic mass is 32.1. The molecule has 27 heavy (non-hydrogen) atoms. The van der Waals surface area contributed by atoms with Gasteiger partial charge in [0.05, 0.1) is 6.33 Å². The van der Waals surface area contributed by atoms with E-state index in [1.807, 2.05) is 36.4 Å². The first-order valence-corrected chi connectivity index (χ1v) is 9.40. The second kappa shape index (κ2) is 9.86. The van der Waals surface area contributed by atoms with Crippen LogP contribution in [0, 0.1) is 0 Å². The number of rotatable bonds is 0. The highest BCUT2D eigenvalue weighted by Crippen LogP contribution is 2.18. The molecule has 4 aromatic carbocycles. The molecule has 1 N–H and O–H groups in total. The van der Waals surface area contributed by atoms with Gasteiger partial charge in [-0.3, -0.25) is 0 Å². The Balaban J connectivity index is 0.000000125.